The second-order valence-corrected chi connectivity index (χ2v) is 5.55. The van der Waals surface area contributed by atoms with E-state index in [4.69, 9.17) is 4.74 Å². The average Bonchev–Trinajstić information content (AvgIpc) is 2.49. The number of benzene rings is 1. The highest BCUT2D eigenvalue weighted by Crippen LogP contribution is 2.24. The fourth-order valence-electron chi connectivity index (χ4n) is 2.69. The molecule has 5 nitrogen and oxygen atoms in total. The Kier molecular flexibility index (Phi) is 7.65. The van der Waals surface area contributed by atoms with Gasteiger partial charge in [-0.25, -0.2) is 0 Å². The maximum absolute atomic E-state index is 12.2. The molecule has 0 saturated carbocycles. The molecule has 1 aliphatic rings. The van der Waals surface area contributed by atoms with E-state index in [1.54, 1.807) is 7.11 Å². The standard InChI is InChI=1S/C16H25N3O2.ClH/c1-12-10-17-8-9-19(12)11-16(20)18-13(2)14-6-4-5-7-15(14)21-3;/h4-7,12-13,17H,8-11H2,1-3H3,(H,18,20);1H/t12-,13?;/m0./s1. The van der Waals surface area contributed by atoms with Crippen molar-refractivity contribution in [1.82, 2.24) is 15.5 Å². The van der Waals surface area contributed by atoms with Crippen LogP contribution in [0.5, 0.6) is 5.75 Å². The van der Waals surface area contributed by atoms with Crippen molar-refractivity contribution >= 4 is 18.3 Å². The summed E-state index contributed by atoms with van der Waals surface area (Å²) in [6, 6.07) is 8.11. The smallest absolute Gasteiger partial charge is 0.234 e. The zero-order valence-electron chi connectivity index (χ0n) is 13.5. The van der Waals surface area contributed by atoms with Crippen LogP contribution in [0.15, 0.2) is 24.3 Å². The lowest BCUT2D eigenvalue weighted by atomic mass is 10.1. The minimum absolute atomic E-state index is 0. The van der Waals surface area contributed by atoms with Gasteiger partial charge in [-0.2, -0.15) is 0 Å². The molecule has 22 heavy (non-hydrogen) atoms. The number of carbonyl (C=O) groups is 1. The molecule has 1 fully saturated rings. The first-order valence-corrected chi connectivity index (χ1v) is 7.49. The highest BCUT2D eigenvalue weighted by molar-refractivity contribution is 5.85. The highest BCUT2D eigenvalue weighted by atomic mass is 35.5. The lowest BCUT2D eigenvalue weighted by Gasteiger charge is -2.33. The van der Waals surface area contributed by atoms with Gasteiger partial charge in [0.05, 0.1) is 19.7 Å². The van der Waals surface area contributed by atoms with E-state index in [-0.39, 0.29) is 24.4 Å². The van der Waals surface area contributed by atoms with Gasteiger partial charge in [0.15, 0.2) is 0 Å². The van der Waals surface area contributed by atoms with Crippen molar-refractivity contribution < 1.29 is 9.53 Å². The number of halogens is 1. The Morgan fingerprint density at radius 3 is 2.91 bits per heavy atom. The lowest BCUT2D eigenvalue weighted by Crippen LogP contribution is -2.52. The van der Waals surface area contributed by atoms with Crippen molar-refractivity contribution in [3.63, 3.8) is 0 Å². The van der Waals surface area contributed by atoms with Crippen LogP contribution in [0.4, 0.5) is 0 Å². The van der Waals surface area contributed by atoms with Gasteiger partial charge in [0.1, 0.15) is 5.75 Å². The number of para-hydroxylation sites is 1. The van der Waals surface area contributed by atoms with Crippen molar-refractivity contribution in [2.24, 2.45) is 0 Å². The van der Waals surface area contributed by atoms with Crippen molar-refractivity contribution in [1.29, 1.82) is 0 Å². The Morgan fingerprint density at radius 2 is 2.23 bits per heavy atom. The minimum Gasteiger partial charge on any atom is -0.496 e. The molecule has 1 unspecified atom stereocenters. The quantitative estimate of drug-likeness (QED) is 0.862. The zero-order chi connectivity index (χ0) is 15.2. The molecule has 1 heterocycles. The monoisotopic (exact) mass is 327 g/mol. The second kappa shape index (κ2) is 8.98. The fourth-order valence-corrected chi connectivity index (χ4v) is 2.69. The SMILES string of the molecule is COc1ccccc1C(C)NC(=O)CN1CCNC[C@@H]1C.Cl. The maximum atomic E-state index is 12.2. The molecule has 2 N–H and O–H groups in total. The maximum Gasteiger partial charge on any atom is 0.234 e. The van der Waals surface area contributed by atoms with Gasteiger partial charge in [-0.05, 0) is 19.9 Å². The van der Waals surface area contributed by atoms with E-state index in [9.17, 15) is 4.79 Å². The Bertz CT molecular complexity index is 484. The van der Waals surface area contributed by atoms with Gasteiger partial charge in [-0.3, -0.25) is 9.69 Å². The van der Waals surface area contributed by atoms with Crippen LogP contribution >= 0.6 is 12.4 Å². The van der Waals surface area contributed by atoms with Crippen LogP contribution in [0.1, 0.15) is 25.5 Å². The molecule has 0 aromatic heterocycles. The summed E-state index contributed by atoms with van der Waals surface area (Å²) in [4.78, 5) is 14.4. The van der Waals surface area contributed by atoms with Crippen molar-refractivity contribution in [3.05, 3.63) is 29.8 Å². The number of carbonyl (C=O) groups excluding carboxylic acids is 1. The Morgan fingerprint density at radius 1 is 1.50 bits per heavy atom. The molecule has 1 aliphatic heterocycles. The first kappa shape index (κ1) is 18.7. The molecule has 1 amide bonds. The van der Waals surface area contributed by atoms with E-state index in [0.29, 0.717) is 12.6 Å². The molecule has 2 rings (SSSR count). The summed E-state index contributed by atoms with van der Waals surface area (Å²) >= 11 is 0. The first-order valence-electron chi connectivity index (χ1n) is 7.49. The van der Waals surface area contributed by atoms with Gasteiger partial charge in [0.25, 0.3) is 0 Å². The summed E-state index contributed by atoms with van der Waals surface area (Å²) < 4.78 is 5.35. The summed E-state index contributed by atoms with van der Waals surface area (Å²) in [5.74, 6) is 0.864. The Labute approximate surface area is 138 Å². The van der Waals surface area contributed by atoms with Crippen molar-refractivity contribution in [2.45, 2.75) is 25.9 Å². The van der Waals surface area contributed by atoms with Gasteiger partial charge in [-0.15, -0.1) is 12.4 Å². The number of hydrogen-bond donors (Lipinski definition) is 2. The first-order chi connectivity index (χ1) is 10.1. The number of methoxy groups -OCH3 is 1. The zero-order valence-corrected chi connectivity index (χ0v) is 14.3. The number of nitrogens with zero attached hydrogens (tertiary/aromatic N) is 1. The minimum atomic E-state index is -0.0631. The summed E-state index contributed by atoms with van der Waals surface area (Å²) in [6.07, 6.45) is 0. The van der Waals surface area contributed by atoms with Crippen LogP contribution < -0.4 is 15.4 Å². The van der Waals surface area contributed by atoms with Crippen LogP contribution in [0.25, 0.3) is 0 Å². The second-order valence-electron chi connectivity index (χ2n) is 5.55. The molecule has 1 aromatic carbocycles. The number of nitrogens with one attached hydrogen (secondary N) is 2. The molecule has 124 valence electrons. The fraction of sp³-hybridized carbons (Fsp3) is 0.562. The van der Waals surface area contributed by atoms with E-state index in [2.05, 4.69) is 22.5 Å². The Hall–Kier alpha value is -1.30. The van der Waals surface area contributed by atoms with E-state index >= 15 is 0 Å². The van der Waals surface area contributed by atoms with Crippen LogP contribution in [-0.4, -0.2) is 50.1 Å². The van der Waals surface area contributed by atoms with Gasteiger partial charge < -0.3 is 15.4 Å². The van der Waals surface area contributed by atoms with Crippen LogP contribution in [0.3, 0.4) is 0 Å². The van der Waals surface area contributed by atoms with Gasteiger partial charge >= 0.3 is 0 Å². The predicted molar refractivity (Wildman–Crippen MR) is 90.7 cm³/mol. The van der Waals surface area contributed by atoms with Gasteiger partial charge in [-0.1, -0.05) is 18.2 Å². The number of rotatable bonds is 5. The topological polar surface area (TPSA) is 53.6 Å². The largest absolute Gasteiger partial charge is 0.496 e. The van der Waals surface area contributed by atoms with Crippen molar-refractivity contribution in [2.75, 3.05) is 33.3 Å². The van der Waals surface area contributed by atoms with E-state index < -0.39 is 0 Å². The van der Waals surface area contributed by atoms with Crippen molar-refractivity contribution in [3.8, 4) is 5.75 Å². The van der Waals surface area contributed by atoms with Gasteiger partial charge in [0.2, 0.25) is 5.91 Å². The van der Waals surface area contributed by atoms with E-state index in [1.165, 1.54) is 0 Å². The van der Waals surface area contributed by atoms with E-state index in [0.717, 1.165) is 30.9 Å². The molecule has 0 aliphatic carbocycles. The Balaban J connectivity index is 0.00000242. The molecule has 1 aromatic rings. The normalized spacial score (nSPS) is 19.9. The summed E-state index contributed by atoms with van der Waals surface area (Å²) in [7, 11) is 1.65. The van der Waals surface area contributed by atoms with Gasteiger partial charge in [0, 0.05) is 31.2 Å². The molecule has 0 radical (unpaired) electrons. The van der Waals surface area contributed by atoms with Crippen LogP contribution in [0.2, 0.25) is 0 Å². The molecule has 6 heteroatoms. The number of ether oxygens (including phenoxy) is 1. The third kappa shape index (κ3) is 4.87. The molecule has 1 saturated heterocycles. The summed E-state index contributed by atoms with van der Waals surface area (Å²) in [6.45, 7) is 7.37. The lowest BCUT2D eigenvalue weighted by molar-refractivity contribution is -0.123. The third-order valence-corrected chi connectivity index (χ3v) is 3.97. The average molecular weight is 328 g/mol. The third-order valence-electron chi connectivity index (χ3n) is 3.97. The van der Waals surface area contributed by atoms with Crippen LogP contribution in [0, 0.1) is 0 Å². The highest BCUT2D eigenvalue weighted by Gasteiger charge is 2.21. The molecular weight excluding hydrogens is 302 g/mol. The predicted octanol–water partition coefficient (Wildman–Crippen LogP) is 1.59. The summed E-state index contributed by atoms with van der Waals surface area (Å²) in [5.41, 5.74) is 1.00. The number of piperazine rings is 1. The number of amides is 1. The van der Waals surface area contributed by atoms with E-state index in [1.807, 2.05) is 31.2 Å². The number of hydrogen-bond acceptors (Lipinski definition) is 4. The van der Waals surface area contributed by atoms with Crippen LogP contribution in [-0.2, 0) is 4.79 Å². The molecular formula is C16H26ClN3O2. The molecule has 0 spiro atoms. The summed E-state index contributed by atoms with van der Waals surface area (Å²) in [5, 5.41) is 6.39. The molecule has 0 bridgehead atoms. The molecule has 2 atom stereocenters.